The second-order valence-corrected chi connectivity index (χ2v) is 4.73. The van der Waals surface area contributed by atoms with Gasteiger partial charge in [0.1, 0.15) is 5.54 Å². The van der Waals surface area contributed by atoms with Gasteiger partial charge in [0.2, 0.25) is 0 Å². The average molecular weight is 259 g/mol. The molecule has 1 N–H and O–H groups in total. The van der Waals surface area contributed by atoms with Crippen molar-refractivity contribution >= 4 is 5.97 Å². The van der Waals surface area contributed by atoms with Crippen molar-refractivity contribution in [2.24, 2.45) is 0 Å². The van der Waals surface area contributed by atoms with E-state index < -0.39 is 5.54 Å². The highest BCUT2D eigenvalue weighted by Gasteiger charge is 2.32. The van der Waals surface area contributed by atoms with Crippen LogP contribution < -0.4 is 5.32 Å². The third-order valence-corrected chi connectivity index (χ3v) is 3.17. The van der Waals surface area contributed by atoms with Gasteiger partial charge in [-0.05, 0) is 33.7 Å². The first-order chi connectivity index (χ1) is 8.60. The van der Waals surface area contributed by atoms with Crippen LogP contribution in [0.4, 0.5) is 0 Å². The van der Waals surface area contributed by atoms with Crippen molar-refractivity contribution in [3.8, 4) is 0 Å². The number of ether oxygens (including phenoxy) is 2. The zero-order valence-corrected chi connectivity index (χ0v) is 12.4. The predicted octanol–water partition coefficient (Wildman–Crippen LogP) is 2.51. The Kier molecular flexibility index (Phi) is 9.98. The van der Waals surface area contributed by atoms with Crippen LogP contribution in [0.1, 0.15) is 52.9 Å². The molecule has 0 aromatic heterocycles. The predicted molar refractivity (Wildman–Crippen MR) is 73.7 cm³/mol. The topological polar surface area (TPSA) is 47.6 Å². The number of hydrogen-bond donors (Lipinski definition) is 1. The number of nitrogens with one attached hydrogen (secondary N) is 1. The largest absolute Gasteiger partial charge is 0.465 e. The molecule has 0 fully saturated rings. The lowest BCUT2D eigenvalue weighted by atomic mass is 9.99. The zero-order valence-electron chi connectivity index (χ0n) is 12.4. The van der Waals surface area contributed by atoms with E-state index >= 15 is 0 Å². The van der Waals surface area contributed by atoms with Gasteiger partial charge in [0, 0.05) is 13.2 Å². The summed E-state index contributed by atoms with van der Waals surface area (Å²) in [5.41, 5.74) is -0.639. The molecule has 0 aliphatic rings. The van der Waals surface area contributed by atoms with Crippen molar-refractivity contribution in [1.82, 2.24) is 5.32 Å². The van der Waals surface area contributed by atoms with Crippen LogP contribution in [-0.2, 0) is 14.3 Å². The van der Waals surface area contributed by atoms with Gasteiger partial charge in [0.15, 0.2) is 0 Å². The van der Waals surface area contributed by atoms with E-state index in [0.717, 1.165) is 13.0 Å². The summed E-state index contributed by atoms with van der Waals surface area (Å²) in [6.45, 7) is 7.64. The second-order valence-electron chi connectivity index (χ2n) is 4.73. The summed E-state index contributed by atoms with van der Waals surface area (Å²) in [4.78, 5) is 11.8. The molecule has 0 saturated carbocycles. The van der Waals surface area contributed by atoms with Crippen molar-refractivity contribution in [1.29, 1.82) is 0 Å². The summed E-state index contributed by atoms with van der Waals surface area (Å²) < 4.78 is 10.6. The Morgan fingerprint density at radius 3 is 2.44 bits per heavy atom. The number of rotatable bonds is 11. The van der Waals surface area contributed by atoms with Crippen molar-refractivity contribution in [3.05, 3.63) is 0 Å². The lowest BCUT2D eigenvalue weighted by Crippen LogP contribution is -2.49. The number of unbranched alkanes of at least 4 members (excludes halogenated alkanes) is 3. The van der Waals surface area contributed by atoms with E-state index in [1.54, 1.807) is 7.05 Å². The second kappa shape index (κ2) is 10.3. The minimum Gasteiger partial charge on any atom is -0.465 e. The third kappa shape index (κ3) is 6.97. The number of carbonyl (C=O) groups is 1. The van der Waals surface area contributed by atoms with Crippen LogP contribution in [0.5, 0.6) is 0 Å². The number of carbonyl (C=O) groups excluding carboxylic acids is 1. The lowest BCUT2D eigenvalue weighted by Gasteiger charge is -2.26. The van der Waals surface area contributed by atoms with Crippen LogP contribution >= 0.6 is 0 Å². The molecule has 18 heavy (non-hydrogen) atoms. The van der Waals surface area contributed by atoms with E-state index in [1.807, 2.05) is 13.8 Å². The first kappa shape index (κ1) is 17.4. The molecule has 4 heteroatoms. The van der Waals surface area contributed by atoms with Crippen LogP contribution in [0.3, 0.4) is 0 Å². The maximum absolute atomic E-state index is 11.8. The Morgan fingerprint density at radius 2 is 1.89 bits per heavy atom. The minimum atomic E-state index is -0.639. The van der Waals surface area contributed by atoms with Gasteiger partial charge in [-0.2, -0.15) is 0 Å². The summed E-state index contributed by atoms with van der Waals surface area (Å²) in [6, 6.07) is 0. The van der Waals surface area contributed by atoms with Gasteiger partial charge in [0.25, 0.3) is 0 Å². The van der Waals surface area contributed by atoms with Crippen LogP contribution in [0.25, 0.3) is 0 Å². The molecule has 0 radical (unpaired) electrons. The SMILES string of the molecule is CCCCCCOCCC(C)(NC)C(=O)OCC. The van der Waals surface area contributed by atoms with Crippen LogP contribution in [0.15, 0.2) is 0 Å². The highest BCUT2D eigenvalue weighted by molar-refractivity contribution is 5.80. The van der Waals surface area contributed by atoms with E-state index in [2.05, 4.69) is 12.2 Å². The molecule has 0 aliphatic heterocycles. The van der Waals surface area contributed by atoms with Gasteiger partial charge < -0.3 is 14.8 Å². The molecule has 4 nitrogen and oxygen atoms in total. The zero-order chi connectivity index (χ0) is 13.9. The summed E-state index contributed by atoms with van der Waals surface area (Å²) in [5.74, 6) is -0.206. The Hall–Kier alpha value is -0.610. The van der Waals surface area contributed by atoms with Gasteiger partial charge in [-0.3, -0.25) is 4.79 Å². The Morgan fingerprint density at radius 1 is 1.17 bits per heavy atom. The Balaban J connectivity index is 3.76. The minimum absolute atomic E-state index is 0.206. The summed E-state index contributed by atoms with van der Waals surface area (Å²) in [5, 5.41) is 3.02. The Labute approximate surface area is 111 Å². The van der Waals surface area contributed by atoms with E-state index in [9.17, 15) is 4.79 Å². The molecule has 108 valence electrons. The standard InChI is InChI=1S/C14H29NO3/c1-5-7-8-9-11-17-12-10-14(3,15-4)13(16)18-6-2/h15H,5-12H2,1-4H3. The summed E-state index contributed by atoms with van der Waals surface area (Å²) in [7, 11) is 1.78. The molecule has 0 bridgehead atoms. The first-order valence-electron chi connectivity index (χ1n) is 7.04. The number of hydrogen-bond acceptors (Lipinski definition) is 4. The first-order valence-corrected chi connectivity index (χ1v) is 7.04. The molecule has 0 saturated heterocycles. The van der Waals surface area contributed by atoms with E-state index in [4.69, 9.17) is 9.47 Å². The highest BCUT2D eigenvalue weighted by Crippen LogP contribution is 2.12. The molecule has 0 aromatic carbocycles. The maximum Gasteiger partial charge on any atom is 0.326 e. The molecule has 0 aromatic rings. The average Bonchev–Trinajstić information content (AvgIpc) is 2.37. The quantitative estimate of drug-likeness (QED) is 0.457. The monoisotopic (exact) mass is 259 g/mol. The fourth-order valence-electron chi connectivity index (χ4n) is 1.63. The van der Waals surface area contributed by atoms with Gasteiger partial charge >= 0.3 is 5.97 Å². The van der Waals surface area contributed by atoms with E-state index in [1.165, 1.54) is 19.3 Å². The van der Waals surface area contributed by atoms with Crippen LogP contribution in [0, 0.1) is 0 Å². The number of esters is 1. The van der Waals surface area contributed by atoms with Gasteiger partial charge in [-0.15, -0.1) is 0 Å². The Bertz CT molecular complexity index is 221. The lowest BCUT2D eigenvalue weighted by molar-refractivity contribution is -0.151. The molecule has 0 heterocycles. The normalized spacial score (nSPS) is 14.2. The fourth-order valence-corrected chi connectivity index (χ4v) is 1.63. The molecule has 0 aliphatic carbocycles. The van der Waals surface area contributed by atoms with Crippen molar-refractivity contribution in [2.75, 3.05) is 26.9 Å². The third-order valence-electron chi connectivity index (χ3n) is 3.17. The van der Waals surface area contributed by atoms with Crippen molar-refractivity contribution in [2.45, 2.75) is 58.4 Å². The highest BCUT2D eigenvalue weighted by atomic mass is 16.5. The number of likely N-dealkylation sites (N-methyl/N-ethyl adjacent to an activating group) is 1. The fraction of sp³-hybridized carbons (Fsp3) is 0.929. The van der Waals surface area contributed by atoms with Crippen LogP contribution in [0.2, 0.25) is 0 Å². The summed E-state index contributed by atoms with van der Waals surface area (Å²) >= 11 is 0. The van der Waals surface area contributed by atoms with Crippen molar-refractivity contribution < 1.29 is 14.3 Å². The molecule has 1 unspecified atom stereocenters. The molecule has 0 spiro atoms. The van der Waals surface area contributed by atoms with Gasteiger partial charge in [0.05, 0.1) is 6.61 Å². The molecule has 0 amide bonds. The maximum atomic E-state index is 11.8. The van der Waals surface area contributed by atoms with Crippen molar-refractivity contribution in [3.63, 3.8) is 0 Å². The smallest absolute Gasteiger partial charge is 0.326 e. The molecule has 1 atom stereocenters. The summed E-state index contributed by atoms with van der Waals surface area (Å²) in [6.07, 6.45) is 5.46. The van der Waals surface area contributed by atoms with E-state index in [-0.39, 0.29) is 5.97 Å². The van der Waals surface area contributed by atoms with Gasteiger partial charge in [-0.25, -0.2) is 0 Å². The van der Waals surface area contributed by atoms with Gasteiger partial charge in [-0.1, -0.05) is 26.2 Å². The molecular weight excluding hydrogens is 230 g/mol. The molecular formula is C14H29NO3. The van der Waals surface area contributed by atoms with Crippen LogP contribution in [-0.4, -0.2) is 38.4 Å². The van der Waals surface area contributed by atoms with E-state index in [0.29, 0.717) is 19.6 Å². The molecule has 0 rings (SSSR count).